The number of fused-ring (bicyclic) bond motifs is 1. The monoisotopic (exact) mass is 459 g/mol. The highest BCUT2D eigenvalue weighted by Crippen LogP contribution is 2.36. The SMILES string of the molecule is CCCCOC(=O)c1c(NC(=O)CCCOc2ccc(Cl)cc2C)sc2ccccc12. The Bertz CT molecular complexity index is 1060. The summed E-state index contributed by atoms with van der Waals surface area (Å²) in [5.74, 6) is 0.194. The molecule has 3 rings (SSSR count). The summed E-state index contributed by atoms with van der Waals surface area (Å²) in [6, 6.07) is 13.0. The summed E-state index contributed by atoms with van der Waals surface area (Å²) in [7, 11) is 0. The maximum absolute atomic E-state index is 12.7. The van der Waals surface area contributed by atoms with E-state index in [1.807, 2.05) is 50.2 Å². The zero-order chi connectivity index (χ0) is 22.2. The Labute approximate surface area is 191 Å². The second kappa shape index (κ2) is 11.2. The number of halogens is 1. The molecular weight excluding hydrogens is 434 g/mol. The fraction of sp³-hybridized carbons (Fsp3) is 0.333. The predicted octanol–water partition coefficient (Wildman–Crippen LogP) is 6.62. The Morgan fingerprint density at radius 2 is 1.90 bits per heavy atom. The third-order valence-corrected chi connectivity index (χ3v) is 6.05. The molecule has 0 saturated heterocycles. The first-order chi connectivity index (χ1) is 15.0. The van der Waals surface area contributed by atoms with Gasteiger partial charge in [-0.3, -0.25) is 4.79 Å². The van der Waals surface area contributed by atoms with Crippen molar-refractivity contribution in [1.82, 2.24) is 0 Å². The van der Waals surface area contributed by atoms with Gasteiger partial charge in [0, 0.05) is 21.5 Å². The number of carbonyl (C=O) groups is 2. The van der Waals surface area contributed by atoms with Crippen LogP contribution < -0.4 is 10.1 Å². The number of rotatable bonds is 10. The Balaban J connectivity index is 1.60. The van der Waals surface area contributed by atoms with E-state index in [1.54, 1.807) is 6.07 Å². The van der Waals surface area contributed by atoms with E-state index >= 15 is 0 Å². The van der Waals surface area contributed by atoms with Crippen molar-refractivity contribution in [2.45, 2.75) is 39.5 Å². The van der Waals surface area contributed by atoms with Crippen LogP contribution >= 0.6 is 22.9 Å². The van der Waals surface area contributed by atoms with E-state index in [4.69, 9.17) is 21.1 Å². The average Bonchev–Trinajstić information content (AvgIpc) is 3.10. The van der Waals surface area contributed by atoms with E-state index in [1.165, 1.54) is 11.3 Å². The molecule has 2 aromatic carbocycles. The van der Waals surface area contributed by atoms with Crippen molar-refractivity contribution >= 4 is 49.9 Å². The molecule has 0 saturated carbocycles. The van der Waals surface area contributed by atoms with Gasteiger partial charge in [0.2, 0.25) is 5.91 Å². The third-order valence-electron chi connectivity index (χ3n) is 4.73. The standard InChI is InChI=1S/C24H26ClNO4S/c1-3-4-13-30-24(28)22-18-8-5-6-9-20(18)31-23(22)26-21(27)10-7-14-29-19-12-11-17(25)15-16(19)2/h5-6,8-9,11-12,15H,3-4,7,10,13-14H2,1-2H3,(H,26,27). The van der Waals surface area contributed by atoms with Crippen LogP contribution in [-0.4, -0.2) is 25.1 Å². The smallest absolute Gasteiger partial charge is 0.341 e. The van der Waals surface area contributed by atoms with Crippen LogP contribution in [0.2, 0.25) is 5.02 Å². The first-order valence-electron chi connectivity index (χ1n) is 10.4. The number of unbranched alkanes of at least 4 members (excludes halogenated alkanes) is 1. The number of esters is 1. The van der Waals surface area contributed by atoms with E-state index in [0.29, 0.717) is 35.2 Å². The summed E-state index contributed by atoms with van der Waals surface area (Å²) in [6.45, 7) is 4.75. The third kappa shape index (κ3) is 6.21. The van der Waals surface area contributed by atoms with Crippen molar-refractivity contribution in [1.29, 1.82) is 0 Å². The van der Waals surface area contributed by atoms with E-state index in [0.717, 1.165) is 34.2 Å². The van der Waals surface area contributed by atoms with E-state index in [2.05, 4.69) is 5.32 Å². The first kappa shape index (κ1) is 23.1. The van der Waals surface area contributed by atoms with Crippen LogP contribution in [0, 0.1) is 6.92 Å². The molecule has 0 unspecified atom stereocenters. The molecule has 0 aliphatic rings. The van der Waals surface area contributed by atoms with Gasteiger partial charge in [-0.2, -0.15) is 0 Å². The molecule has 0 fully saturated rings. The van der Waals surface area contributed by atoms with Gasteiger partial charge in [0.05, 0.1) is 13.2 Å². The molecule has 0 aliphatic carbocycles. The number of aryl methyl sites for hydroxylation is 1. The predicted molar refractivity (Wildman–Crippen MR) is 127 cm³/mol. The summed E-state index contributed by atoms with van der Waals surface area (Å²) in [4.78, 5) is 25.2. The molecule has 0 radical (unpaired) electrons. The molecule has 5 nitrogen and oxygen atoms in total. The average molecular weight is 460 g/mol. The van der Waals surface area contributed by atoms with Crippen molar-refractivity contribution in [2.24, 2.45) is 0 Å². The maximum Gasteiger partial charge on any atom is 0.341 e. The molecule has 0 aliphatic heterocycles. The highest BCUT2D eigenvalue weighted by Gasteiger charge is 2.21. The Kier molecular flexibility index (Phi) is 8.32. The number of anilines is 1. The largest absolute Gasteiger partial charge is 0.493 e. The maximum atomic E-state index is 12.7. The minimum atomic E-state index is -0.400. The minimum Gasteiger partial charge on any atom is -0.493 e. The molecular formula is C24H26ClNO4S. The Morgan fingerprint density at radius 1 is 1.10 bits per heavy atom. The number of carbonyl (C=O) groups excluding carboxylic acids is 2. The number of hydrogen-bond acceptors (Lipinski definition) is 5. The molecule has 1 N–H and O–H groups in total. The molecule has 1 aromatic heterocycles. The zero-order valence-electron chi connectivity index (χ0n) is 17.7. The van der Waals surface area contributed by atoms with Crippen molar-refractivity contribution in [3.05, 3.63) is 58.6 Å². The zero-order valence-corrected chi connectivity index (χ0v) is 19.3. The van der Waals surface area contributed by atoms with Crippen LogP contribution in [0.15, 0.2) is 42.5 Å². The Hall–Kier alpha value is -2.57. The highest BCUT2D eigenvalue weighted by atomic mass is 35.5. The fourth-order valence-corrected chi connectivity index (χ4v) is 4.43. The fourth-order valence-electron chi connectivity index (χ4n) is 3.10. The van der Waals surface area contributed by atoms with Gasteiger partial charge >= 0.3 is 5.97 Å². The highest BCUT2D eigenvalue weighted by molar-refractivity contribution is 7.23. The lowest BCUT2D eigenvalue weighted by Crippen LogP contribution is -2.15. The van der Waals surface area contributed by atoms with Crippen LogP contribution in [0.4, 0.5) is 5.00 Å². The molecule has 0 spiro atoms. The molecule has 3 aromatic rings. The van der Waals surface area contributed by atoms with Crippen LogP contribution in [-0.2, 0) is 9.53 Å². The summed E-state index contributed by atoms with van der Waals surface area (Å²) >= 11 is 7.34. The van der Waals surface area contributed by atoms with Crippen LogP contribution in [0.1, 0.15) is 48.5 Å². The van der Waals surface area contributed by atoms with Crippen LogP contribution in [0.3, 0.4) is 0 Å². The number of hydrogen-bond donors (Lipinski definition) is 1. The molecule has 164 valence electrons. The number of ether oxygens (including phenoxy) is 2. The van der Waals surface area contributed by atoms with Gasteiger partial charge in [0.25, 0.3) is 0 Å². The van der Waals surface area contributed by atoms with Crippen molar-refractivity contribution < 1.29 is 19.1 Å². The lowest BCUT2D eigenvalue weighted by atomic mass is 10.1. The second-order valence-corrected chi connectivity index (χ2v) is 8.69. The first-order valence-corrected chi connectivity index (χ1v) is 11.6. The van der Waals surface area contributed by atoms with Gasteiger partial charge in [0.1, 0.15) is 16.3 Å². The quantitative estimate of drug-likeness (QED) is 0.273. The summed E-state index contributed by atoms with van der Waals surface area (Å²) in [5, 5.41) is 4.88. The van der Waals surface area contributed by atoms with Gasteiger partial charge in [0.15, 0.2) is 0 Å². The molecule has 7 heteroatoms. The van der Waals surface area contributed by atoms with E-state index in [9.17, 15) is 9.59 Å². The van der Waals surface area contributed by atoms with Gasteiger partial charge in [-0.15, -0.1) is 11.3 Å². The number of benzene rings is 2. The molecule has 31 heavy (non-hydrogen) atoms. The molecule has 0 bridgehead atoms. The topological polar surface area (TPSA) is 64.6 Å². The van der Waals surface area contributed by atoms with Crippen molar-refractivity contribution in [3.8, 4) is 5.75 Å². The van der Waals surface area contributed by atoms with Gasteiger partial charge in [-0.05, 0) is 49.6 Å². The van der Waals surface area contributed by atoms with Crippen LogP contribution in [0.25, 0.3) is 10.1 Å². The molecule has 1 heterocycles. The van der Waals surface area contributed by atoms with Gasteiger partial charge in [-0.1, -0.05) is 43.1 Å². The van der Waals surface area contributed by atoms with E-state index in [-0.39, 0.29) is 12.3 Å². The summed E-state index contributed by atoms with van der Waals surface area (Å²) < 4.78 is 12.1. The lowest BCUT2D eigenvalue weighted by molar-refractivity contribution is -0.116. The normalized spacial score (nSPS) is 10.8. The van der Waals surface area contributed by atoms with Crippen molar-refractivity contribution in [3.63, 3.8) is 0 Å². The van der Waals surface area contributed by atoms with E-state index < -0.39 is 5.97 Å². The lowest BCUT2D eigenvalue weighted by Gasteiger charge is -2.10. The minimum absolute atomic E-state index is 0.161. The Morgan fingerprint density at radius 3 is 2.68 bits per heavy atom. The molecule has 1 amide bonds. The number of nitrogens with one attached hydrogen (secondary N) is 1. The second-order valence-electron chi connectivity index (χ2n) is 7.20. The van der Waals surface area contributed by atoms with Gasteiger partial charge in [-0.25, -0.2) is 4.79 Å². The van der Waals surface area contributed by atoms with Gasteiger partial charge < -0.3 is 14.8 Å². The number of amides is 1. The van der Waals surface area contributed by atoms with Crippen molar-refractivity contribution in [2.75, 3.05) is 18.5 Å². The molecule has 0 atom stereocenters. The number of thiophene rings is 1. The summed E-state index contributed by atoms with van der Waals surface area (Å²) in [6.07, 6.45) is 2.59. The summed E-state index contributed by atoms with van der Waals surface area (Å²) in [5.41, 5.74) is 1.38. The van der Waals surface area contributed by atoms with Crippen LogP contribution in [0.5, 0.6) is 5.75 Å².